The minimum atomic E-state index is -0.732. The molecule has 3 rings (SSSR count). The predicted molar refractivity (Wildman–Crippen MR) is 116 cm³/mol. The molecule has 1 amide bonds. The maximum absolute atomic E-state index is 12.7. The molecule has 0 saturated heterocycles. The molecule has 8 nitrogen and oxygen atoms in total. The summed E-state index contributed by atoms with van der Waals surface area (Å²) >= 11 is 0. The van der Waals surface area contributed by atoms with Crippen LogP contribution in [0.5, 0.6) is 5.75 Å². The molecule has 3 N–H and O–H groups in total. The number of anilines is 2. The average molecular weight is 408 g/mol. The van der Waals surface area contributed by atoms with Gasteiger partial charge in [-0.15, -0.1) is 0 Å². The van der Waals surface area contributed by atoms with Crippen LogP contribution in [0.3, 0.4) is 0 Å². The van der Waals surface area contributed by atoms with E-state index in [9.17, 15) is 14.4 Å². The molecule has 30 heavy (non-hydrogen) atoms. The number of benzene rings is 2. The summed E-state index contributed by atoms with van der Waals surface area (Å²) in [6.45, 7) is 3.66. The lowest BCUT2D eigenvalue weighted by Crippen LogP contribution is -2.41. The van der Waals surface area contributed by atoms with Crippen LogP contribution in [0.4, 0.5) is 11.5 Å². The van der Waals surface area contributed by atoms with Gasteiger partial charge in [0.1, 0.15) is 11.6 Å². The summed E-state index contributed by atoms with van der Waals surface area (Å²) in [5.74, 6) is 0.0606. The van der Waals surface area contributed by atoms with Crippen LogP contribution in [0.15, 0.2) is 58.1 Å². The fourth-order valence-corrected chi connectivity index (χ4v) is 3.21. The highest BCUT2D eigenvalue weighted by Gasteiger charge is 2.22. The van der Waals surface area contributed by atoms with Crippen molar-refractivity contribution in [2.75, 3.05) is 24.3 Å². The number of amides is 1. The van der Waals surface area contributed by atoms with Crippen molar-refractivity contribution in [3.8, 4) is 5.75 Å². The fraction of sp³-hybridized carbons (Fsp3) is 0.227. The number of nitrogens with two attached hydrogens (primary N) is 1. The number of aromatic nitrogens is 2. The van der Waals surface area contributed by atoms with E-state index in [1.165, 1.54) is 11.6 Å². The number of nitrogens with one attached hydrogen (secondary N) is 1. The summed E-state index contributed by atoms with van der Waals surface area (Å²) in [5, 5.41) is 0. The Balaban J connectivity index is 1.87. The molecule has 0 unspecified atom stereocenters. The van der Waals surface area contributed by atoms with Gasteiger partial charge in [0.2, 0.25) is 0 Å². The van der Waals surface area contributed by atoms with Crippen molar-refractivity contribution in [2.45, 2.75) is 20.4 Å². The van der Waals surface area contributed by atoms with Crippen LogP contribution >= 0.6 is 0 Å². The zero-order valence-electron chi connectivity index (χ0n) is 17.1. The minimum Gasteiger partial charge on any atom is -0.483 e. The molecule has 0 fully saturated rings. The van der Waals surface area contributed by atoms with E-state index in [2.05, 4.69) is 4.98 Å². The van der Waals surface area contributed by atoms with Crippen LogP contribution in [0.2, 0.25) is 0 Å². The quantitative estimate of drug-likeness (QED) is 0.646. The second-order valence-electron chi connectivity index (χ2n) is 7.03. The SMILES string of the molecule is Cc1cccc(C)c1OCC(=O)N(C)c1c(N)n(Cc2ccccc2)c(=O)[nH]c1=O. The van der Waals surface area contributed by atoms with Gasteiger partial charge in [-0.2, -0.15) is 0 Å². The van der Waals surface area contributed by atoms with Gasteiger partial charge in [-0.3, -0.25) is 19.1 Å². The highest BCUT2D eigenvalue weighted by Crippen LogP contribution is 2.23. The first kappa shape index (κ1) is 20.9. The Hall–Kier alpha value is -3.81. The molecule has 3 aromatic rings. The number of para-hydroxylation sites is 1. The lowest BCUT2D eigenvalue weighted by atomic mass is 10.1. The second-order valence-corrected chi connectivity index (χ2v) is 7.03. The number of hydrogen-bond acceptors (Lipinski definition) is 5. The topological polar surface area (TPSA) is 110 Å². The lowest BCUT2D eigenvalue weighted by Gasteiger charge is -2.21. The van der Waals surface area contributed by atoms with Crippen LogP contribution in [-0.4, -0.2) is 29.1 Å². The van der Waals surface area contributed by atoms with Crippen molar-refractivity contribution < 1.29 is 9.53 Å². The van der Waals surface area contributed by atoms with Gasteiger partial charge in [0, 0.05) is 7.05 Å². The van der Waals surface area contributed by atoms with Crippen LogP contribution in [-0.2, 0) is 11.3 Å². The number of carbonyl (C=O) groups is 1. The fourth-order valence-electron chi connectivity index (χ4n) is 3.21. The first-order valence-corrected chi connectivity index (χ1v) is 9.41. The van der Waals surface area contributed by atoms with Gasteiger partial charge in [0.05, 0.1) is 6.54 Å². The summed E-state index contributed by atoms with van der Waals surface area (Å²) in [7, 11) is 1.43. The number of H-pyrrole nitrogens is 1. The molecule has 1 aromatic heterocycles. The van der Waals surface area contributed by atoms with Gasteiger partial charge in [0.25, 0.3) is 11.5 Å². The van der Waals surface area contributed by atoms with E-state index in [1.54, 1.807) is 0 Å². The molecule has 0 bridgehead atoms. The van der Waals surface area contributed by atoms with Crippen LogP contribution in [0, 0.1) is 13.8 Å². The number of aromatic amines is 1. The molecule has 0 radical (unpaired) electrons. The van der Waals surface area contributed by atoms with Gasteiger partial charge < -0.3 is 15.4 Å². The number of likely N-dealkylation sites (N-methyl/N-ethyl adjacent to an activating group) is 1. The number of nitrogen functional groups attached to an aromatic ring is 1. The molecule has 156 valence electrons. The summed E-state index contributed by atoms with van der Waals surface area (Å²) < 4.78 is 6.91. The average Bonchev–Trinajstić information content (AvgIpc) is 2.71. The van der Waals surface area contributed by atoms with Crippen LogP contribution < -0.4 is 26.6 Å². The summed E-state index contributed by atoms with van der Waals surface area (Å²) in [6.07, 6.45) is 0. The number of carbonyl (C=O) groups excluding carboxylic acids is 1. The standard InChI is InChI=1S/C22H24N4O4/c1-14-8-7-9-15(2)19(14)30-13-17(27)25(3)18-20(23)26(22(29)24-21(18)28)12-16-10-5-4-6-11-16/h4-11H,12-13,23H2,1-3H3,(H,24,28,29). The number of nitrogens with zero attached hydrogens (tertiary/aromatic N) is 2. The first-order chi connectivity index (χ1) is 14.3. The molecule has 2 aromatic carbocycles. The van der Waals surface area contributed by atoms with Gasteiger partial charge >= 0.3 is 5.69 Å². The van der Waals surface area contributed by atoms with Crippen molar-refractivity contribution in [3.05, 3.63) is 86.1 Å². The van der Waals surface area contributed by atoms with E-state index in [-0.39, 0.29) is 24.7 Å². The third-order valence-corrected chi connectivity index (χ3v) is 4.86. The summed E-state index contributed by atoms with van der Waals surface area (Å²) in [6, 6.07) is 14.9. The summed E-state index contributed by atoms with van der Waals surface area (Å²) in [4.78, 5) is 40.8. The van der Waals surface area contributed by atoms with Crippen LogP contribution in [0.25, 0.3) is 0 Å². The van der Waals surface area contributed by atoms with Crippen molar-refractivity contribution in [3.63, 3.8) is 0 Å². The van der Waals surface area contributed by atoms with Crippen LogP contribution in [0.1, 0.15) is 16.7 Å². The van der Waals surface area contributed by atoms with E-state index in [0.717, 1.165) is 21.6 Å². The monoisotopic (exact) mass is 408 g/mol. The van der Waals surface area contributed by atoms with Crippen molar-refractivity contribution in [2.24, 2.45) is 0 Å². The predicted octanol–water partition coefficient (Wildman–Crippen LogP) is 1.83. The molecular formula is C22H24N4O4. The molecule has 8 heteroatoms. The van der Waals surface area contributed by atoms with E-state index < -0.39 is 17.2 Å². The maximum atomic E-state index is 12.7. The molecule has 0 atom stereocenters. The molecule has 0 aliphatic rings. The number of aryl methyl sites for hydroxylation is 2. The molecular weight excluding hydrogens is 384 g/mol. The molecule has 0 aliphatic carbocycles. The smallest absolute Gasteiger partial charge is 0.330 e. The van der Waals surface area contributed by atoms with Gasteiger partial charge in [-0.25, -0.2) is 4.79 Å². The molecule has 1 heterocycles. The van der Waals surface area contributed by atoms with Crippen molar-refractivity contribution in [1.82, 2.24) is 9.55 Å². The van der Waals surface area contributed by atoms with E-state index in [1.807, 2.05) is 62.4 Å². The Bertz CT molecular complexity index is 1160. The molecule has 0 saturated carbocycles. The van der Waals surface area contributed by atoms with Crippen molar-refractivity contribution >= 4 is 17.4 Å². The molecule has 0 spiro atoms. The Kier molecular flexibility index (Phi) is 6.06. The zero-order chi connectivity index (χ0) is 21.8. The summed E-state index contributed by atoms with van der Waals surface area (Å²) in [5.41, 5.74) is 7.30. The highest BCUT2D eigenvalue weighted by molar-refractivity contribution is 5.96. The van der Waals surface area contributed by atoms with Gasteiger partial charge in [-0.05, 0) is 30.5 Å². The number of rotatable bonds is 6. The zero-order valence-corrected chi connectivity index (χ0v) is 17.1. The normalized spacial score (nSPS) is 10.6. The van der Waals surface area contributed by atoms with Gasteiger partial charge in [-0.1, -0.05) is 48.5 Å². The van der Waals surface area contributed by atoms with E-state index >= 15 is 0 Å². The molecule has 0 aliphatic heterocycles. The first-order valence-electron chi connectivity index (χ1n) is 9.41. The van der Waals surface area contributed by atoms with Crippen molar-refractivity contribution in [1.29, 1.82) is 0 Å². The lowest BCUT2D eigenvalue weighted by molar-refractivity contribution is -0.120. The van der Waals surface area contributed by atoms with E-state index in [0.29, 0.717) is 5.75 Å². The van der Waals surface area contributed by atoms with Gasteiger partial charge in [0.15, 0.2) is 12.3 Å². The minimum absolute atomic E-state index is 0.0875. The largest absolute Gasteiger partial charge is 0.483 e. The Morgan fingerprint density at radius 2 is 1.70 bits per heavy atom. The second kappa shape index (κ2) is 8.69. The highest BCUT2D eigenvalue weighted by atomic mass is 16.5. The third-order valence-electron chi connectivity index (χ3n) is 4.86. The Morgan fingerprint density at radius 3 is 2.33 bits per heavy atom. The third kappa shape index (κ3) is 4.27. The number of ether oxygens (including phenoxy) is 1. The Morgan fingerprint density at radius 1 is 1.07 bits per heavy atom. The maximum Gasteiger partial charge on any atom is 0.330 e. The van der Waals surface area contributed by atoms with E-state index in [4.69, 9.17) is 10.5 Å². The number of hydrogen-bond donors (Lipinski definition) is 2. The Labute approximate surface area is 173 Å².